The summed E-state index contributed by atoms with van der Waals surface area (Å²) in [4.78, 5) is 28.3. The van der Waals surface area contributed by atoms with Crippen LogP contribution >= 0.6 is 0 Å². The van der Waals surface area contributed by atoms with E-state index in [-0.39, 0.29) is 25.5 Å². The Kier molecular flexibility index (Phi) is 9.33. The molecule has 0 heterocycles. The van der Waals surface area contributed by atoms with Gasteiger partial charge < -0.3 is 19.5 Å². The molecule has 9 nitrogen and oxygen atoms in total. The molecule has 1 N–H and O–H groups in total. The number of amides is 1. The minimum Gasteiger partial charge on any atom is -0.493 e. The predicted molar refractivity (Wildman–Crippen MR) is 128 cm³/mol. The van der Waals surface area contributed by atoms with Crippen LogP contribution < -0.4 is 14.8 Å². The normalized spacial score (nSPS) is 12.6. The van der Waals surface area contributed by atoms with Gasteiger partial charge in [-0.25, -0.2) is 0 Å². The van der Waals surface area contributed by atoms with Crippen LogP contribution in [0.15, 0.2) is 53.6 Å². The highest BCUT2D eigenvalue weighted by molar-refractivity contribution is 5.80. The van der Waals surface area contributed by atoms with E-state index in [0.717, 1.165) is 5.56 Å². The van der Waals surface area contributed by atoms with Crippen LogP contribution in [-0.4, -0.2) is 37.9 Å². The second kappa shape index (κ2) is 12.0. The Labute approximate surface area is 200 Å². The third-order valence-corrected chi connectivity index (χ3v) is 4.82. The second-order valence-electron chi connectivity index (χ2n) is 9.05. The third-order valence-electron chi connectivity index (χ3n) is 4.82. The van der Waals surface area contributed by atoms with Gasteiger partial charge in [-0.15, -0.1) is 0 Å². The van der Waals surface area contributed by atoms with Gasteiger partial charge in [-0.2, -0.15) is 0 Å². The molecule has 0 spiro atoms. The first-order chi connectivity index (χ1) is 16.1. The van der Waals surface area contributed by atoms with Gasteiger partial charge in [-0.05, 0) is 56.5 Å². The second-order valence-corrected chi connectivity index (χ2v) is 9.05. The first kappa shape index (κ1) is 26.5. The predicted octanol–water partition coefficient (Wildman–Crippen LogP) is 4.59. The lowest BCUT2D eigenvalue weighted by atomic mass is 9.96. The number of carbonyl (C=O) groups is 2. The zero-order chi connectivity index (χ0) is 25.2. The zero-order valence-electron chi connectivity index (χ0n) is 20.3. The molecule has 1 atom stereocenters. The Bertz CT molecular complexity index is 1030. The maximum atomic E-state index is 13.0. The molecular weight excluding hydrogens is 436 g/mol. The first-order valence-electron chi connectivity index (χ1n) is 11.0. The maximum Gasteiger partial charge on any atom is 0.313 e. The number of ether oxygens (including phenoxy) is 3. The van der Waals surface area contributed by atoms with Crippen molar-refractivity contribution in [1.82, 2.24) is 5.32 Å². The Balaban J connectivity index is 2.14. The van der Waals surface area contributed by atoms with Gasteiger partial charge in [0.15, 0.2) is 17.2 Å². The van der Waals surface area contributed by atoms with Crippen molar-refractivity contribution in [2.45, 2.75) is 46.3 Å². The largest absolute Gasteiger partial charge is 0.493 e. The van der Waals surface area contributed by atoms with E-state index in [2.05, 4.69) is 15.3 Å². The summed E-state index contributed by atoms with van der Waals surface area (Å²) in [5.74, 6) is 0.222. The molecular formula is C25H32N4O5. The van der Waals surface area contributed by atoms with Gasteiger partial charge in [0.05, 0.1) is 32.1 Å². The fourth-order valence-corrected chi connectivity index (χ4v) is 3.16. The molecule has 0 aliphatic heterocycles. The summed E-state index contributed by atoms with van der Waals surface area (Å²) in [6.45, 7) is 7.39. The average molecular weight is 469 g/mol. The molecule has 2 aromatic carbocycles. The number of hydrogen-bond acceptors (Lipinski definition) is 6. The van der Waals surface area contributed by atoms with Gasteiger partial charge >= 0.3 is 5.97 Å². The van der Waals surface area contributed by atoms with Crippen molar-refractivity contribution in [1.29, 1.82) is 0 Å². The molecule has 0 aliphatic carbocycles. The fraction of sp³-hybridized carbons (Fsp3) is 0.440. The Morgan fingerprint density at radius 2 is 1.74 bits per heavy atom. The first-order valence-corrected chi connectivity index (χ1v) is 11.0. The number of methoxy groups -OCH3 is 1. The van der Waals surface area contributed by atoms with Crippen molar-refractivity contribution < 1.29 is 23.8 Å². The van der Waals surface area contributed by atoms with Gasteiger partial charge in [0.25, 0.3) is 0 Å². The number of esters is 1. The van der Waals surface area contributed by atoms with E-state index in [0.29, 0.717) is 23.5 Å². The molecule has 0 saturated heterocycles. The van der Waals surface area contributed by atoms with Crippen LogP contribution in [0, 0.1) is 5.41 Å². The fourth-order valence-electron chi connectivity index (χ4n) is 3.16. The van der Waals surface area contributed by atoms with E-state index in [9.17, 15) is 9.59 Å². The van der Waals surface area contributed by atoms with Crippen LogP contribution in [0.2, 0.25) is 0 Å². The highest BCUT2D eigenvalue weighted by Crippen LogP contribution is 2.28. The smallest absolute Gasteiger partial charge is 0.313 e. The molecule has 0 aliphatic rings. The average Bonchev–Trinajstić information content (AvgIpc) is 2.77. The van der Waals surface area contributed by atoms with E-state index in [1.54, 1.807) is 45.9 Å². The van der Waals surface area contributed by atoms with Crippen LogP contribution in [-0.2, 0) is 27.2 Å². The lowest BCUT2D eigenvalue weighted by molar-refractivity contribution is -0.172. The standard InChI is InChI=1S/C25H32N4O5/c1-24(2,3)23(31)34-25(4,17-18-9-7-6-8-10-18)28-22(30)16-19-11-12-20(21(15-19)32-5)33-14-13-27-29-26/h6-12,15H,13-14,16-17H2,1-5H3,(H,28,30)/t25-/m0/s1. The number of benzene rings is 2. The van der Waals surface area contributed by atoms with Gasteiger partial charge in [-0.1, -0.05) is 41.5 Å². The van der Waals surface area contributed by atoms with Gasteiger partial charge in [-0.3, -0.25) is 9.59 Å². The molecule has 0 aromatic heterocycles. The summed E-state index contributed by atoms with van der Waals surface area (Å²) in [5, 5.41) is 6.32. The van der Waals surface area contributed by atoms with Crippen molar-refractivity contribution in [2.75, 3.05) is 20.3 Å². The molecule has 9 heteroatoms. The molecule has 34 heavy (non-hydrogen) atoms. The van der Waals surface area contributed by atoms with Crippen LogP contribution in [0.25, 0.3) is 10.4 Å². The monoisotopic (exact) mass is 468 g/mol. The minimum absolute atomic E-state index is 0.0484. The van der Waals surface area contributed by atoms with Crippen molar-refractivity contribution >= 4 is 11.9 Å². The van der Waals surface area contributed by atoms with Crippen molar-refractivity contribution in [3.8, 4) is 11.5 Å². The number of hydrogen-bond donors (Lipinski definition) is 1. The van der Waals surface area contributed by atoms with E-state index < -0.39 is 17.1 Å². The highest BCUT2D eigenvalue weighted by Gasteiger charge is 2.35. The molecule has 2 rings (SSSR count). The number of carbonyl (C=O) groups excluding carboxylic acids is 2. The Morgan fingerprint density at radius 3 is 2.35 bits per heavy atom. The highest BCUT2D eigenvalue weighted by atomic mass is 16.6. The van der Waals surface area contributed by atoms with Crippen molar-refractivity contribution in [3.63, 3.8) is 0 Å². The number of nitrogens with one attached hydrogen (secondary N) is 1. The van der Waals surface area contributed by atoms with E-state index >= 15 is 0 Å². The van der Waals surface area contributed by atoms with Crippen molar-refractivity contribution in [3.05, 3.63) is 70.1 Å². The van der Waals surface area contributed by atoms with Gasteiger partial charge in [0.1, 0.15) is 0 Å². The topological polar surface area (TPSA) is 123 Å². The summed E-state index contributed by atoms with van der Waals surface area (Å²) >= 11 is 0. The zero-order valence-corrected chi connectivity index (χ0v) is 20.3. The lowest BCUT2D eigenvalue weighted by Crippen LogP contribution is -2.52. The molecule has 2 aromatic rings. The van der Waals surface area contributed by atoms with Gasteiger partial charge in [0, 0.05) is 11.3 Å². The van der Waals surface area contributed by atoms with Crippen LogP contribution in [0.5, 0.6) is 11.5 Å². The quantitative estimate of drug-likeness (QED) is 0.129. The molecule has 1 amide bonds. The molecule has 0 fully saturated rings. The molecule has 0 bridgehead atoms. The third kappa shape index (κ3) is 8.33. The van der Waals surface area contributed by atoms with Crippen molar-refractivity contribution in [2.24, 2.45) is 10.5 Å². The summed E-state index contributed by atoms with van der Waals surface area (Å²) < 4.78 is 16.7. The molecule has 182 valence electrons. The van der Waals surface area contributed by atoms with E-state index in [4.69, 9.17) is 19.7 Å². The number of nitrogens with zero attached hydrogens (tertiary/aromatic N) is 3. The SMILES string of the molecule is COc1cc(CC(=O)N[C@](C)(Cc2ccccc2)OC(=O)C(C)(C)C)ccc1OCCN=[N+]=[N-]. The van der Waals surface area contributed by atoms with Crippen LogP contribution in [0.1, 0.15) is 38.8 Å². The lowest BCUT2D eigenvalue weighted by Gasteiger charge is -2.33. The van der Waals surface area contributed by atoms with E-state index in [1.807, 2.05) is 30.3 Å². The van der Waals surface area contributed by atoms with E-state index in [1.165, 1.54) is 7.11 Å². The minimum atomic E-state index is -1.23. The van der Waals surface area contributed by atoms with Crippen LogP contribution in [0.3, 0.4) is 0 Å². The maximum absolute atomic E-state index is 13.0. The molecule has 0 radical (unpaired) electrons. The number of azide groups is 1. The summed E-state index contributed by atoms with van der Waals surface area (Å²) in [7, 11) is 1.50. The Hall–Kier alpha value is -3.71. The Morgan fingerprint density at radius 1 is 1.03 bits per heavy atom. The molecule has 0 saturated carbocycles. The summed E-state index contributed by atoms with van der Waals surface area (Å²) in [5.41, 5.74) is 8.03. The molecule has 0 unspecified atom stereocenters. The summed E-state index contributed by atoms with van der Waals surface area (Å²) in [6.07, 6.45) is 0.371. The summed E-state index contributed by atoms with van der Waals surface area (Å²) in [6, 6.07) is 14.7. The number of rotatable bonds is 11. The van der Waals surface area contributed by atoms with Crippen LogP contribution in [0.4, 0.5) is 0 Å². The van der Waals surface area contributed by atoms with Gasteiger partial charge in [0.2, 0.25) is 5.91 Å².